The number of pyridine rings is 1. The molecule has 3 aromatic rings. The number of hydrogen-bond donors (Lipinski definition) is 1. The minimum Gasteiger partial charge on any atom is -0.484 e. The van der Waals surface area contributed by atoms with Crippen LogP contribution in [0.3, 0.4) is 0 Å². The van der Waals surface area contributed by atoms with Gasteiger partial charge in [-0.2, -0.15) is 5.10 Å². The number of aromatic nitrogens is 3. The van der Waals surface area contributed by atoms with Gasteiger partial charge in [-0.15, -0.1) is 0 Å². The van der Waals surface area contributed by atoms with Crippen LogP contribution in [0.5, 0.6) is 5.75 Å². The van der Waals surface area contributed by atoms with Gasteiger partial charge in [0, 0.05) is 28.7 Å². The third-order valence-corrected chi connectivity index (χ3v) is 3.94. The maximum atomic E-state index is 11.9. The van der Waals surface area contributed by atoms with E-state index in [1.165, 1.54) is 0 Å². The molecule has 7 heteroatoms. The molecule has 24 heavy (non-hydrogen) atoms. The molecule has 0 aliphatic carbocycles. The lowest BCUT2D eigenvalue weighted by molar-refractivity contribution is -0.123. The quantitative estimate of drug-likeness (QED) is 0.606. The summed E-state index contributed by atoms with van der Waals surface area (Å²) in [4.78, 5) is 16.2. The van der Waals surface area contributed by atoms with Gasteiger partial charge in [0.05, 0.1) is 0 Å². The van der Waals surface area contributed by atoms with E-state index in [2.05, 4.69) is 38.0 Å². The molecule has 2 heterocycles. The lowest BCUT2D eigenvalue weighted by Gasteiger charge is -2.08. The Morgan fingerprint density at radius 3 is 2.79 bits per heavy atom. The maximum absolute atomic E-state index is 11.9. The van der Waals surface area contributed by atoms with Crippen LogP contribution in [0.15, 0.2) is 61.1 Å². The molecule has 0 fully saturated rings. The molecular weight excluding hydrogens is 419 g/mol. The van der Waals surface area contributed by atoms with E-state index in [4.69, 9.17) is 4.74 Å². The molecule has 0 radical (unpaired) electrons. The second-order valence-electron chi connectivity index (χ2n) is 4.99. The average Bonchev–Trinajstić information content (AvgIpc) is 3.14. The molecule has 1 aromatic carbocycles. The molecule has 0 aliphatic rings. The second-order valence-corrected chi connectivity index (χ2v) is 6.24. The third kappa shape index (κ3) is 4.54. The Balaban J connectivity index is 1.51. The van der Waals surface area contributed by atoms with Crippen LogP contribution in [-0.4, -0.2) is 27.3 Å². The van der Waals surface area contributed by atoms with Crippen molar-refractivity contribution in [2.75, 3.05) is 6.61 Å². The number of carbonyl (C=O) groups excluding carboxylic acids is 1. The maximum Gasteiger partial charge on any atom is 0.258 e. The van der Waals surface area contributed by atoms with Crippen LogP contribution in [0.25, 0.3) is 5.82 Å². The molecule has 6 nitrogen and oxygen atoms in total. The number of nitrogens with zero attached hydrogens (tertiary/aromatic N) is 3. The van der Waals surface area contributed by atoms with Crippen LogP contribution in [0.4, 0.5) is 0 Å². The van der Waals surface area contributed by atoms with Crippen molar-refractivity contribution in [2.24, 2.45) is 0 Å². The van der Waals surface area contributed by atoms with Crippen LogP contribution in [0.2, 0.25) is 0 Å². The molecule has 2 aromatic heterocycles. The van der Waals surface area contributed by atoms with Gasteiger partial charge >= 0.3 is 0 Å². The van der Waals surface area contributed by atoms with Crippen molar-refractivity contribution in [2.45, 2.75) is 6.54 Å². The van der Waals surface area contributed by atoms with Gasteiger partial charge in [0.2, 0.25) is 0 Å². The van der Waals surface area contributed by atoms with Crippen molar-refractivity contribution in [1.29, 1.82) is 0 Å². The van der Waals surface area contributed by atoms with E-state index in [1.54, 1.807) is 17.1 Å². The number of benzene rings is 1. The molecule has 1 N–H and O–H groups in total. The van der Waals surface area contributed by atoms with E-state index in [1.807, 2.05) is 48.7 Å². The molecule has 1 amide bonds. The lowest BCUT2D eigenvalue weighted by atomic mass is 10.2. The standard InChI is InChI=1S/C17H15IN4O2/c18-14-2-4-15(5-3-14)24-12-17(23)20-11-13-6-8-19-16(10-13)22-9-1-7-21-22/h1-10H,11-12H2,(H,20,23). The lowest BCUT2D eigenvalue weighted by Crippen LogP contribution is -2.28. The summed E-state index contributed by atoms with van der Waals surface area (Å²) in [6, 6.07) is 13.1. The topological polar surface area (TPSA) is 69.0 Å². The van der Waals surface area contributed by atoms with Crippen LogP contribution in [0.1, 0.15) is 5.56 Å². The van der Waals surface area contributed by atoms with Crippen molar-refractivity contribution < 1.29 is 9.53 Å². The highest BCUT2D eigenvalue weighted by Crippen LogP contribution is 2.13. The Bertz CT molecular complexity index is 804. The van der Waals surface area contributed by atoms with Gasteiger partial charge in [0.1, 0.15) is 5.75 Å². The van der Waals surface area contributed by atoms with Crippen molar-refractivity contribution in [3.05, 3.63) is 70.2 Å². The summed E-state index contributed by atoms with van der Waals surface area (Å²) in [5, 5.41) is 6.97. The highest BCUT2D eigenvalue weighted by atomic mass is 127. The second kappa shape index (κ2) is 7.91. The molecule has 0 atom stereocenters. The number of halogens is 1. The summed E-state index contributed by atoms with van der Waals surface area (Å²) in [6.45, 7) is 0.392. The number of hydrogen-bond acceptors (Lipinski definition) is 4. The first-order valence-electron chi connectivity index (χ1n) is 7.31. The van der Waals surface area contributed by atoms with Gasteiger partial charge < -0.3 is 10.1 Å². The summed E-state index contributed by atoms with van der Waals surface area (Å²) in [5.74, 6) is 1.21. The van der Waals surface area contributed by atoms with Gasteiger partial charge in [-0.25, -0.2) is 9.67 Å². The van der Waals surface area contributed by atoms with Gasteiger partial charge in [-0.1, -0.05) is 0 Å². The van der Waals surface area contributed by atoms with E-state index in [-0.39, 0.29) is 12.5 Å². The van der Waals surface area contributed by atoms with Gasteiger partial charge in [0.25, 0.3) is 5.91 Å². The largest absolute Gasteiger partial charge is 0.484 e. The molecule has 0 aliphatic heterocycles. The molecule has 0 spiro atoms. The molecule has 0 saturated heterocycles. The van der Waals surface area contributed by atoms with E-state index in [0.29, 0.717) is 18.1 Å². The average molecular weight is 434 g/mol. The van der Waals surface area contributed by atoms with E-state index < -0.39 is 0 Å². The minimum atomic E-state index is -0.175. The van der Waals surface area contributed by atoms with Crippen molar-refractivity contribution in [3.8, 4) is 11.6 Å². The smallest absolute Gasteiger partial charge is 0.258 e. The zero-order valence-corrected chi connectivity index (χ0v) is 14.9. The monoisotopic (exact) mass is 434 g/mol. The van der Waals surface area contributed by atoms with Crippen molar-refractivity contribution in [3.63, 3.8) is 0 Å². The van der Waals surface area contributed by atoms with Gasteiger partial charge in [-0.3, -0.25) is 4.79 Å². The predicted molar refractivity (Wildman–Crippen MR) is 97.9 cm³/mol. The summed E-state index contributed by atoms with van der Waals surface area (Å²) in [5.41, 5.74) is 0.943. The fourth-order valence-corrected chi connectivity index (χ4v) is 2.39. The van der Waals surface area contributed by atoms with Crippen molar-refractivity contribution in [1.82, 2.24) is 20.1 Å². The van der Waals surface area contributed by atoms with Crippen LogP contribution >= 0.6 is 22.6 Å². The molecule has 122 valence electrons. The Hall–Kier alpha value is -2.42. The number of amides is 1. The zero-order valence-electron chi connectivity index (χ0n) is 12.7. The third-order valence-electron chi connectivity index (χ3n) is 3.22. The number of carbonyl (C=O) groups is 1. The van der Waals surface area contributed by atoms with E-state index in [9.17, 15) is 4.79 Å². The van der Waals surface area contributed by atoms with Crippen LogP contribution < -0.4 is 10.1 Å². The molecule has 0 unspecified atom stereocenters. The van der Waals surface area contributed by atoms with Crippen LogP contribution in [0, 0.1) is 3.57 Å². The molecule has 3 rings (SSSR count). The SMILES string of the molecule is O=C(COc1ccc(I)cc1)NCc1ccnc(-n2cccn2)c1. The Kier molecular flexibility index (Phi) is 5.42. The summed E-state index contributed by atoms with van der Waals surface area (Å²) >= 11 is 2.22. The van der Waals surface area contributed by atoms with Gasteiger partial charge in [0.15, 0.2) is 12.4 Å². The summed E-state index contributed by atoms with van der Waals surface area (Å²) in [6.07, 6.45) is 5.21. The predicted octanol–water partition coefficient (Wildman–Crippen LogP) is 2.57. The Morgan fingerprint density at radius 1 is 1.21 bits per heavy atom. The fourth-order valence-electron chi connectivity index (χ4n) is 2.03. The summed E-state index contributed by atoms with van der Waals surface area (Å²) < 4.78 is 8.24. The summed E-state index contributed by atoms with van der Waals surface area (Å²) in [7, 11) is 0. The Morgan fingerprint density at radius 2 is 2.04 bits per heavy atom. The van der Waals surface area contributed by atoms with E-state index >= 15 is 0 Å². The Labute approximate surface area is 153 Å². The number of ether oxygens (including phenoxy) is 1. The first kappa shape index (κ1) is 16.4. The first-order chi connectivity index (χ1) is 11.7. The molecule has 0 bridgehead atoms. The number of rotatable bonds is 6. The fraction of sp³-hybridized carbons (Fsp3) is 0.118. The highest BCUT2D eigenvalue weighted by Gasteiger charge is 2.05. The highest BCUT2D eigenvalue weighted by molar-refractivity contribution is 14.1. The minimum absolute atomic E-state index is 0.0162. The zero-order chi connectivity index (χ0) is 16.8. The van der Waals surface area contributed by atoms with Crippen molar-refractivity contribution >= 4 is 28.5 Å². The molecule has 0 saturated carbocycles. The number of nitrogens with one attached hydrogen (secondary N) is 1. The normalized spacial score (nSPS) is 10.4. The van der Waals surface area contributed by atoms with Crippen LogP contribution in [-0.2, 0) is 11.3 Å². The first-order valence-corrected chi connectivity index (χ1v) is 8.38. The van der Waals surface area contributed by atoms with Gasteiger partial charge in [-0.05, 0) is 70.6 Å². The molecular formula is C17H15IN4O2. The van der Waals surface area contributed by atoms with E-state index in [0.717, 1.165) is 9.13 Å².